The second-order valence-electron chi connectivity index (χ2n) is 5.25. The molecule has 3 nitrogen and oxygen atoms in total. The molecule has 1 fully saturated rings. The number of alkyl halides is 1. The number of hydrogen-bond donors (Lipinski definition) is 1. The van der Waals surface area contributed by atoms with Gasteiger partial charge in [0.05, 0.1) is 14.2 Å². The molecule has 106 valence electrons. The SMILES string of the molecule is COc1cc(C(C)F)c(C2(CN)CCC2)cc1OC. The molecule has 0 aromatic heterocycles. The summed E-state index contributed by atoms with van der Waals surface area (Å²) in [6.07, 6.45) is 2.13. The van der Waals surface area contributed by atoms with Crippen LogP contribution in [0.3, 0.4) is 0 Å². The van der Waals surface area contributed by atoms with E-state index in [1.807, 2.05) is 6.07 Å². The molecule has 2 rings (SSSR count). The third-order valence-corrected chi connectivity index (χ3v) is 4.26. The van der Waals surface area contributed by atoms with Crippen molar-refractivity contribution in [3.8, 4) is 11.5 Å². The minimum absolute atomic E-state index is 0.0881. The lowest BCUT2D eigenvalue weighted by Crippen LogP contribution is -2.42. The molecule has 0 heterocycles. The van der Waals surface area contributed by atoms with Crippen LogP contribution in [0.5, 0.6) is 11.5 Å². The van der Waals surface area contributed by atoms with Crippen molar-refractivity contribution >= 4 is 0 Å². The fourth-order valence-electron chi connectivity index (χ4n) is 2.87. The van der Waals surface area contributed by atoms with E-state index in [0.717, 1.165) is 24.8 Å². The molecular formula is C15H22FNO2. The standard InChI is InChI=1S/C15H22FNO2/c1-10(16)11-7-13(18-2)14(19-3)8-12(11)15(9-17)5-4-6-15/h7-8,10H,4-6,9,17H2,1-3H3. The molecule has 1 unspecified atom stereocenters. The fourth-order valence-corrected chi connectivity index (χ4v) is 2.87. The minimum Gasteiger partial charge on any atom is -0.493 e. The number of benzene rings is 1. The number of ether oxygens (including phenoxy) is 2. The Morgan fingerprint density at radius 3 is 2.21 bits per heavy atom. The van der Waals surface area contributed by atoms with Crippen LogP contribution in [0.1, 0.15) is 43.5 Å². The number of rotatable bonds is 5. The summed E-state index contributed by atoms with van der Waals surface area (Å²) >= 11 is 0. The Labute approximate surface area is 113 Å². The molecule has 4 heteroatoms. The smallest absolute Gasteiger partial charge is 0.161 e. The molecule has 1 aromatic carbocycles. The van der Waals surface area contributed by atoms with E-state index in [4.69, 9.17) is 15.2 Å². The first kappa shape index (κ1) is 14.1. The molecule has 0 saturated heterocycles. The highest BCUT2D eigenvalue weighted by molar-refractivity contribution is 5.51. The van der Waals surface area contributed by atoms with E-state index in [1.54, 1.807) is 27.2 Å². The van der Waals surface area contributed by atoms with Gasteiger partial charge >= 0.3 is 0 Å². The molecular weight excluding hydrogens is 245 g/mol. The Bertz CT molecular complexity index is 450. The van der Waals surface area contributed by atoms with Gasteiger partial charge in [-0.2, -0.15) is 0 Å². The van der Waals surface area contributed by atoms with Gasteiger partial charge in [-0.15, -0.1) is 0 Å². The highest BCUT2D eigenvalue weighted by Crippen LogP contribution is 2.48. The van der Waals surface area contributed by atoms with Gasteiger partial charge in [0, 0.05) is 12.0 Å². The van der Waals surface area contributed by atoms with Crippen LogP contribution < -0.4 is 15.2 Å². The van der Waals surface area contributed by atoms with Crippen molar-refractivity contribution in [1.29, 1.82) is 0 Å². The van der Waals surface area contributed by atoms with Crippen LogP contribution in [0.2, 0.25) is 0 Å². The first-order valence-electron chi connectivity index (χ1n) is 6.68. The summed E-state index contributed by atoms with van der Waals surface area (Å²) in [5.41, 5.74) is 7.50. The van der Waals surface area contributed by atoms with Crippen LogP contribution in [0.25, 0.3) is 0 Å². The third-order valence-electron chi connectivity index (χ3n) is 4.26. The Balaban J connectivity index is 2.57. The highest BCUT2D eigenvalue weighted by atomic mass is 19.1. The largest absolute Gasteiger partial charge is 0.493 e. The molecule has 1 saturated carbocycles. The van der Waals surface area contributed by atoms with Crippen molar-refractivity contribution in [2.45, 2.75) is 37.8 Å². The summed E-state index contributed by atoms with van der Waals surface area (Å²) in [5.74, 6) is 1.21. The zero-order valence-electron chi connectivity index (χ0n) is 11.8. The van der Waals surface area contributed by atoms with Gasteiger partial charge in [0.1, 0.15) is 6.17 Å². The molecule has 1 aromatic rings. The van der Waals surface area contributed by atoms with Gasteiger partial charge in [0.25, 0.3) is 0 Å². The van der Waals surface area contributed by atoms with Crippen LogP contribution in [-0.4, -0.2) is 20.8 Å². The van der Waals surface area contributed by atoms with E-state index in [9.17, 15) is 4.39 Å². The molecule has 1 aliphatic rings. The second-order valence-corrected chi connectivity index (χ2v) is 5.25. The Hall–Kier alpha value is -1.29. The van der Waals surface area contributed by atoms with Crippen molar-refractivity contribution in [2.24, 2.45) is 5.73 Å². The molecule has 0 aliphatic heterocycles. The van der Waals surface area contributed by atoms with Gasteiger partial charge < -0.3 is 15.2 Å². The number of methoxy groups -OCH3 is 2. The first-order chi connectivity index (χ1) is 9.07. The number of hydrogen-bond acceptors (Lipinski definition) is 3. The lowest BCUT2D eigenvalue weighted by molar-refractivity contribution is 0.243. The predicted octanol–water partition coefficient (Wildman–Crippen LogP) is 3.11. The van der Waals surface area contributed by atoms with E-state index in [-0.39, 0.29) is 5.41 Å². The Kier molecular flexibility index (Phi) is 3.99. The van der Waals surface area contributed by atoms with E-state index < -0.39 is 6.17 Å². The van der Waals surface area contributed by atoms with Crippen LogP contribution in [0.15, 0.2) is 12.1 Å². The Morgan fingerprint density at radius 2 is 1.84 bits per heavy atom. The lowest BCUT2D eigenvalue weighted by Gasteiger charge is -2.43. The minimum atomic E-state index is -1.04. The van der Waals surface area contributed by atoms with Gasteiger partial charge in [-0.25, -0.2) is 4.39 Å². The molecule has 0 amide bonds. The molecule has 0 radical (unpaired) electrons. The van der Waals surface area contributed by atoms with Gasteiger partial charge in [-0.3, -0.25) is 0 Å². The van der Waals surface area contributed by atoms with E-state index in [2.05, 4.69) is 0 Å². The first-order valence-corrected chi connectivity index (χ1v) is 6.68. The summed E-state index contributed by atoms with van der Waals surface area (Å²) < 4.78 is 24.5. The maximum atomic E-state index is 13.9. The molecule has 19 heavy (non-hydrogen) atoms. The predicted molar refractivity (Wildman–Crippen MR) is 73.7 cm³/mol. The zero-order valence-corrected chi connectivity index (χ0v) is 11.8. The van der Waals surface area contributed by atoms with Gasteiger partial charge in [0.2, 0.25) is 0 Å². The molecule has 0 spiro atoms. The van der Waals surface area contributed by atoms with E-state index in [1.165, 1.54) is 0 Å². The van der Waals surface area contributed by atoms with Gasteiger partial charge in [-0.1, -0.05) is 6.42 Å². The molecule has 1 atom stereocenters. The lowest BCUT2D eigenvalue weighted by atomic mass is 9.63. The number of nitrogens with two attached hydrogens (primary N) is 1. The summed E-state index contributed by atoms with van der Waals surface area (Å²) in [6.45, 7) is 2.09. The third kappa shape index (κ3) is 2.29. The maximum Gasteiger partial charge on any atom is 0.161 e. The fraction of sp³-hybridized carbons (Fsp3) is 0.600. The van der Waals surface area contributed by atoms with Crippen molar-refractivity contribution in [2.75, 3.05) is 20.8 Å². The topological polar surface area (TPSA) is 44.5 Å². The van der Waals surface area contributed by atoms with Gasteiger partial charge in [0.15, 0.2) is 11.5 Å². The van der Waals surface area contributed by atoms with Crippen molar-refractivity contribution in [3.05, 3.63) is 23.3 Å². The quantitative estimate of drug-likeness (QED) is 0.891. The summed E-state index contributed by atoms with van der Waals surface area (Å²) in [4.78, 5) is 0. The monoisotopic (exact) mass is 267 g/mol. The van der Waals surface area contributed by atoms with Crippen molar-refractivity contribution in [3.63, 3.8) is 0 Å². The van der Waals surface area contributed by atoms with Crippen LogP contribution in [0.4, 0.5) is 4.39 Å². The number of halogens is 1. The average Bonchev–Trinajstić information content (AvgIpc) is 2.37. The summed E-state index contributed by atoms with van der Waals surface area (Å²) in [5, 5.41) is 0. The van der Waals surface area contributed by atoms with E-state index >= 15 is 0 Å². The van der Waals surface area contributed by atoms with Crippen LogP contribution >= 0.6 is 0 Å². The summed E-state index contributed by atoms with van der Waals surface area (Å²) in [6, 6.07) is 3.64. The highest BCUT2D eigenvalue weighted by Gasteiger charge is 2.40. The molecule has 2 N–H and O–H groups in total. The van der Waals surface area contributed by atoms with Crippen LogP contribution in [-0.2, 0) is 5.41 Å². The normalized spacial score (nSPS) is 18.6. The van der Waals surface area contributed by atoms with Crippen molar-refractivity contribution < 1.29 is 13.9 Å². The molecule has 1 aliphatic carbocycles. The second kappa shape index (κ2) is 5.37. The summed E-state index contributed by atoms with van der Waals surface area (Å²) in [7, 11) is 3.16. The van der Waals surface area contributed by atoms with Crippen molar-refractivity contribution in [1.82, 2.24) is 0 Å². The maximum absolute atomic E-state index is 13.9. The average molecular weight is 267 g/mol. The van der Waals surface area contributed by atoms with Gasteiger partial charge in [-0.05, 0) is 43.0 Å². The zero-order chi connectivity index (χ0) is 14.0. The van der Waals surface area contributed by atoms with E-state index in [0.29, 0.717) is 23.6 Å². The van der Waals surface area contributed by atoms with Crippen LogP contribution in [0, 0.1) is 0 Å². The Morgan fingerprint density at radius 1 is 1.26 bits per heavy atom. The molecule has 0 bridgehead atoms.